The first-order chi connectivity index (χ1) is 19.8. The highest BCUT2D eigenvalue weighted by Gasteiger charge is 2.54. The van der Waals surface area contributed by atoms with E-state index in [1.807, 2.05) is 36.4 Å². The Balaban J connectivity index is 1.52. The van der Waals surface area contributed by atoms with Gasteiger partial charge in [-0.3, -0.25) is 0 Å². The first kappa shape index (κ1) is 24.4. The molecule has 0 aromatic heterocycles. The minimum atomic E-state index is -0.689. The molecule has 41 heavy (non-hydrogen) atoms. The number of fused-ring (bicyclic) bond motifs is 11. The molecular formula is C36H28BNO3. The quantitative estimate of drug-likeness (QED) is 0.205. The Morgan fingerprint density at radius 3 is 1.85 bits per heavy atom. The van der Waals surface area contributed by atoms with Crippen LogP contribution in [0.5, 0.6) is 11.5 Å². The summed E-state index contributed by atoms with van der Waals surface area (Å²) in [6.07, 6.45) is 0. The van der Waals surface area contributed by atoms with Gasteiger partial charge in [0, 0.05) is 16.5 Å². The molecule has 3 aliphatic rings. The number of rotatable bonds is 1. The summed E-state index contributed by atoms with van der Waals surface area (Å²) in [5.41, 5.74) is 6.70. The molecule has 5 aromatic carbocycles. The molecule has 5 aromatic rings. The van der Waals surface area contributed by atoms with E-state index in [9.17, 15) is 5.26 Å². The van der Waals surface area contributed by atoms with Crippen LogP contribution in [0.3, 0.4) is 0 Å². The second-order valence-electron chi connectivity index (χ2n) is 12.2. The summed E-state index contributed by atoms with van der Waals surface area (Å²) in [5.74, 6) is 1.63. The summed E-state index contributed by atoms with van der Waals surface area (Å²) in [6, 6.07) is 36.0. The molecule has 2 heterocycles. The van der Waals surface area contributed by atoms with Crippen LogP contribution in [0.15, 0.2) is 97.1 Å². The molecule has 0 N–H and O–H groups in total. The summed E-state index contributed by atoms with van der Waals surface area (Å²) in [5, 5.41) is 12.4. The molecule has 1 fully saturated rings. The molecule has 0 bridgehead atoms. The molecule has 1 saturated heterocycles. The van der Waals surface area contributed by atoms with E-state index in [4.69, 9.17) is 14.0 Å². The van der Waals surface area contributed by atoms with Crippen molar-refractivity contribution in [3.8, 4) is 28.7 Å². The summed E-state index contributed by atoms with van der Waals surface area (Å²) in [7, 11) is -0.497. The second-order valence-corrected chi connectivity index (χ2v) is 12.2. The lowest BCUT2D eigenvalue weighted by molar-refractivity contribution is 0.00578. The van der Waals surface area contributed by atoms with E-state index >= 15 is 0 Å². The lowest BCUT2D eigenvalue weighted by atomic mass is 9.64. The summed E-state index contributed by atoms with van der Waals surface area (Å²) >= 11 is 0. The van der Waals surface area contributed by atoms with E-state index in [1.165, 1.54) is 0 Å². The zero-order chi connectivity index (χ0) is 28.1. The number of hydrogen-bond acceptors (Lipinski definition) is 4. The fourth-order valence-corrected chi connectivity index (χ4v) is 6.99. The van der Waals surface area contributed by atoms with E-state index in [0.717, 1.165) is 61.1 Å². The molecule has 0 saturated carbocycles. The van der Waals surface area contributed by atoms with Crippen LogP contribution < -0.4 is 10.2 Å². The van der Waals surface area contributed by atoms with Crippen molar-refractivity contribution >= 4 is 23.4 Å². The minimum absolute atomic E-state index is 0.451. The topological polar surface area (TPSA) is 51.5 Å². The molecular weight excluding hydrogens is 505 g/mol. The van der Waals surface area contributed by atoms with Crippen molar-refractivity contribution in [2.75, 3.05) is 0 Å². The molecule has 1 aliphatic carbocycles. The average Bonchev–Trinajstić information content (AvgIpc) is 3.39. The van der Waals surface area contributed by atoms with Gasteiger partial charge in [-0.1, -0.05) is 78.9 Å². The van der Waals surface area contributed by atoms with Crippen molar-refractivity contribution in [1.82, 2.24) is 0 Å². The van der Waals surface area contributed by atoms with Gasteiger partial charge < -0.3 is 14.0 Å². The third kappa shape index (κ3) is 3.07. The molecule has 4 nitrogen and oxygen atoms in total. The van der Waals surface area contributed by atoms with Gasteiger partial charge in [0.15, 0.2) is 0 Å². The molecule has 2 aliphatic heterocycles. The van der Waals surface area contributed by atoms with Gasteiger partial charge in [0.05, 0.1) is 28.2 Å². The predicted molar refractivity (Wildman–Crippen MR) is 162 cm³/mol. The van der Waals surface area contributed by atoms with E-state index in [2.05, 4.69) is 94.4 Å². The van der Waals surface area contributed by atoms with Crippen molar-refractivity contribution in [1.29, 1.82) is 5.26 Å². The van der Waals surface area contributed by atoms with Gasteiger partial charge in [-0.15, -0.1) is 0 Å². The largest absolute Gasteiger partial charge is 0.494 e. The summed E-state index contributed by atoms with van der Waals surface area (Å²) in [6.45, 7) is 8.33. The smallest absolute Gasteiger partial charge is 0.457 e. The number of ether oxygens (including phenoxy) is 1. The van der Waals surface area contributed by atoms with Crippen molar-refractivity contribution < 1.29 is 14.0 Å². The van der Waals surface area contributed by atoms with Gasteiger partial charge in [-0.25, -0.2) is 0 Å². The SMILES string of the molecule is CC1(C)OB(c2ccc3c(c2)C2(c4ccccc4Oc4ccccc42)c2cc(C#N)c4ccccc4c2-3)OC1(C)C. The van der Waals surface area contributed by atoms with Gasteiger partial charge in [0.25, 0.3) is 0 Å². The molecule has 0 unspecified atom stereocenters. The van der Waals surface area contributed by atoms with Gasteiger partial charge in [-0.05, 0) is 79.0 Å². The minimum Gasteiger partial charge on any atom is -0.457 e. The van der Waals surface area contributed by atoms with Crippen LogP contribution >= 0.6 is 0 Å². The van der Waals surface area contributed by atoms with Gasteiger partial charge >= 0.3 is 7.12 Å². The zero-order valence-corrected chi connectivity index (χ0v) is 23.5. The fraction of sp³-hybridized carbons (Fsp3) is 0.194. The lowest BCUT2D eigenvalue weighted by Crippen LogP contribution is -2.41. The fourth-order valence-electron chi connectivity index (χ4n) is 6.99. The number of benzene rings is 5. The van der Waals surface area contributed by atoms with Crippen LogP contribution in [0.2, 0.25) is 0 Å². The number of nitriles is 1. The Bertz CT molecular complexity index is 1910. The van der Waals surface area contributed by atoms with E-state index in [1.54, 1.807) is 0 Å². The first-order valence-corrected chi connectivity index (χ1v) is 14.1. The highest BCUT2D eigenvalue weighted by molar-refractivity contribution is 6.62. The Labute approximate surface area is 240 Å². The standard InChI is InChI=1S/C36H28BNO3/c1-34(2)35(3,4)41-37(40-34)23-17-18-26-29(20-23)36(30-19-22(21-38)24-11-5-6-12-25(24)33(26)30)27-13-7-9-15-31(27)39-32-16-10-8-14-28(32)36/h5-20H,1-4H3. The molecule has 198 valence electrons. The number of nitrogens with zero attached hydrogens (tertiary/aromatic N) is 1. The maximum Gasteiger partial charge on any atom is 0.494 e. The Morgan fingerprint density at radius 1 is 0.634 bits per heavy atom. The second kappa shape index (κ2) is 8.10. The molecule has 0 amide bonds. The van der Waals surface area contributed by atoms with Gasteiger partial charge in [0.1, 0.15) is 11.5 Å². The van der Waals surface area contributed by atoms with Crippen molar-refractivity contribution in [2.45, 2.75) is 44.3 Å². The Morgan fingerprint density at radius 2 is 1.22 bits per heavy atom. The normalized spacial score (nSPS) is 18.3. The highest BCUT2D eigenvalue weighted by Crippen LogP contribution is 2.63. The third-order valence-corrected chi connectivity index (χ3v) is 9.61. The van der Waals surface area contributed by atoms with E-state index < -0.39 is 23.7 Å². The zero-order valence-electron chi connectivity index (χ0n) is 23.5. The van der Waals surface area contributed by atoms with Crippen LogP contribution in [0.1, 0.15) is 55.5 Å². The van der Waals surface area contributed by atoms with Crippen LogP contribution in [-0.2, 0) is 14.7 Å². The third-order valence-electron chi connectivity index (χ3n) is 9.61. The summed E-state index contributed by atoms with van der Waals surface area (Å²) < 4.78 is 19.5. The van der Waals surface area contributed by atoms with Gasteiger partial charge in [-0.2, -0.15) is 5.26 Å². The maximum atomic E-state index is 10.3. The molecule has 0 radical (unpaired) electrons. The van der Waals surface area contributed by atoms with Crippen molar-refractivity contribution in [3.05, 3.63) is 125 Å². The molecule has 8 rings (SSSR count). The number of para-hydroxylation sites is 2. The molecule has 5 heteroatoms. The van der Waals surface area contributed by atoms with Crippen LogP contribution in [0, 0.1) is 11.3 Å². The van der Waals surface area contributed by atoms with Gasteiger partial charge in [0.2, 0.25) is 0 Å². The van der Waals surface area contributed by atoms with E-state index in [0.29, 0.717) is 5.56 Å². The Kier molecular flexibility index (Phi) is 4.83. The Hall–Kier alpha value is -4.37. The first-order valence-electron chi connectivity index (χ1n) is 14.1. The van der Waals surface area contributed by atoms with Crippen LogP contribution in [0.4, 0.5) is 0 Å². The molecule has 0 atom stereocenters. The average molecular weight is 533 g/mol. The monoisotopic (exact) mass is 533 g/mol. The van der Waals surface area contributed by atoms with E-state index in [-0.39, 0.29) is 0 Å². The maximum absolute atomic E-state index is 10.3. The lowest BCUT2D eigenvalue weighted by Gasteiger charge is -2.39. The predicted octanol–water partition coefficient (Wildman–Crippen LogP) is 7.48. The van der Waals surface area contributed by atoms with Crippen LogP contribution in [-0.4, -0.2) is 18.3 Å². The van der Waals surface area contributed by atoms with Crippen molar-refractivity contribution in [3.63, 3.8) is 0 Å². The number of hydrogen-bond donors (Lipinski definition) is 0. The van der Waals surface area contributed by atoms with Crippen molar-refractivity contribution in [2.24, 2.45) is 0 Å². The highest BCUT2D eigenvalue weighted by atomic mass is 16.7. The molecule has 1 spiro atoms. The summed E-state index contributed by atoms with van der Waals surface area (Å²) in [4.78, 5) is 0. The van der Waals surface area contributed by atoms with Crippen LogP contribution in [0.25, 0.3) is 21.9 Å².